The van der Waals surface area contributed by atoms with Gasteiger partial charge >= 0.3 is 0 Å². The molecule has 0 aliphatic carbocycles. The van der Waals surface area contributed by atoms with Crippen LogP contribution in [0.15, 0.2) is 18.2 Å². The number of aryl methyl sites for hydroxylation is 2. The molecule has 2 aromatic rings. The van der Waals surface area contributed by atoms with E-state index in [1.807, 2.05) is 4.90 Å². The Morgan fingerprint density at radius 3 is 2.74 bits per heavy atom. The normalized spacial score (nSPS) is 16.2. The van der Waals surface area contributed by atoms with Crippen molar-refractivity contribution in [2.75, 3.05) is 26.8 Å². The first-order valence-electron chi connectivity index (χ1n) is 8.45. The third-order valence-corrected chi connectivity index (χ3v) is 5.03. The smallest absolute Gasteiger partial charge is 0.224 e. The second kappa shape index (κ2) is 6.75. The molecule has 4 heteroatoms. The molecule has 3 rings (SSSR count). The minimum atomic E-state index is 0.217. The van der Waals surface area contributed by atoms with Gasteiger partial charge < -0.3 is 14.6 Å². The lowest BCUT2D eigenvalue weighted by Gasteiger charge is -2.32. The summed E-state index contributed by atoms with van der Waals surface area (Å²) in [6, 6.07) is 6.58. The van der Waals surface area contributed by atoms with Gasteiger partial charge in [-0.15, -0.1) is 0 Å². The van der Waals surface area contributed by atoms with Gasteiger partial charge in [0.1, 0.15) is 0 Å². The number of nitrogens with zero attached hydrogens (tertiary/aromatic N) is 1. The van der Waals surface area contributed by atoms with Crippen LogP contribution in [0.3, 0.4) is 0 Å². The average Bonchev–Trinajstić information content (AvgIpc) is 2.89. The Kier molecular flexibility index (Phi) is 4.71. The van der Waals surface area contributed by atoms with Gasteiger partial charge in [0.25, 0.3) is 0 Å². The standard InChI is InChI=1S/C19H26N2O2/c1-13-4-5-17-16(12-13)14(2)19(20-17)15-6-9-21(10-7-15)18(22)8-11-23-3/h4-5,12,15,20H,6-11H2,1-3H3. The molecule has 1 amide bonds. The number of benzene rings is 1. The monoisotopic (exact) mass is 314 g/mol. The number of aromatic nitrogens is 1. The largest absolute Gasteiger partial charge is 0.384 e. The van der Waals surface area contributed by atoms with E-state index in [9.17, 15) is 4.79 Å². The van der Waals surface area contributed by atoms with Crippen LogP contribution in [-0.2, 0) is 9.53 Å². The quantitative estimate of drug-likeness (QED) is 0.938. The van der Waals surface area contributed by atoms with E-state index >= 15 is 0 Å². The minimum absolute atomic E-state index is 0.217. The first-order valence-corrected chi connectivity index (χ1v) is 8.45. The summed E-state index contributed by atoms with van der Waals surface area (Å²) in [4.78, 5) is 17.7. The second-order valence-corrected chi connectivity index (χ2v) is 6.61. The molecule has 124 valence electrons. The number of likely N-dealkylation sites (tertiary alicyclic amines) is 1. The number of aromatic amines is 1. The first kappa shape index (κ1) is 16.1. The summed E-state index contributed by atoms with van der Waals surface area (Å²) in [5.74, 6) is 0.739. The molecule has 0 unspecified atom stereocenters. The van der Waals surface area contributed by atoms with Crippen molar-refractivity contribution in [3.63, 3.8) is 0 Å². The number of hydrogen-bond acceptors (Lipinski definition) is 2. The second-order valence-electron chi connectivity index (χ2n) is 6.61. The average molecular weight is 314 g/mol. The number of rotatable bonds is 4. The van der Waals surface area contributed by atoms with Crippen LogP contribution in [0.4, 0.5) is 0 Å². The zero-order chi connectivity index (χ0) is 16.4. The maximum atomic E-state index is 12.1. The van der Waals surface area contributed by atoms with Crippen LogP contribution >= 0.6 is 0 Å². The number of H-pyrrole nitrogens is 1. The predicted octanol–water partition coefficient (Wildman–Crippen LogP) is 3.53. The highest BCUT2D eigenvalue weighted by atomic mass is 16.5. The fourth-order valence-electron chi connectivity index (χ4n) is 3.63. The Morgan fingerprint density at radius 2 is 2.04 bits per heavy atom. The highest BCUT2D eigenvalue weighted by molar-refractivity contribution is 5.85. The summed E-state index contributed by atoms with van der Waals surface area (Å²) in [6.07, 6.45) is 2.56. The lowest BCUT2D eigenvalue weighted by atomic mass is 9.91. The van der Waals surface area contributed by atoms with Crippen LogP contribution < -0.4 is 0 Å². The summed E-state index contributed by atoms with van der Waals surface area (Å²) in [5, 5.41) is 1.33. The molecule has 0 spiro atoms. The Hall–Kier alpha value is -1.81. The fraction of sp³-hybridized carbons (Fsp3) is 0.526. The van der Waals surface area contributed by atoms with E-state index < -0.39 is 0 Å². The van der Waals surface area contributed by atoms with Crippen molar-refractivity contribution in [2.45, 2.75) is 39.0 Å². The lowest BCUT2D eigenvalue weighted by Crippen LogP contribution is -2.38. The lowest BCUT2D eigenvalue weighted by molar-refractivity contribution is -0.133. The molecule has 2 heterocycles. The molecule has 0 radical (unpaired) electrons. The molecule has 4 nitrogen and oxygen atoms in total. The van der Waals surface area contributed by atoms with Crippen molar-refractivity contribution in [3.8, 4) is 0 Å². The number of fused-ring (bicyclic) bond motifs is 1. The van der Waals surface area contributed by atoms with Gasteiger partial charge in [-0.1, -0.05) is 11.6 Å². The van der Waals surface area contributed by atoms with E-state index in [2.05, 4.69) is 37.0 Å². The molecule has 1 saturated heterocycles. The molecule has 1 aliphatic rings. The third kappa shape index (κ3) is 3.27. The number of ether oxygens (including phenoxy) is 1. The minimum Gasteiger partial charge on any atom is -0.384 e. The zero-order valence-electron chi connectivity index (χ0n) is 14.3. The molecular weight excluding hydrogens is 288 g/mol. The van der Waals surface area contributed by atoms with Gasteiger partial charge in [-0.2, -0.15) is 0 Å². The number of nitrogens with one attached hydrogen (secondary N) is 1. The molecule has 1 aliphatic heterocycles. The van der Waals surface area contributed by atoms with Crippen LogP contribution in [-0.4, -0.2) is 42.6 Å². The molecule has 1 N–H and O–H groups in total. The van der Waals surface area contributed by atoms with Gasteiger partial charge in [0, 0.05) is 42.7 Å². The van der Waals surface area contributed by atoms with E-state index in [1.54, 1.807) is 7.11 Å². The number of carbonyl (C=O) groups is 1. The van der Waals surface area contributed by atoms with Gasteiger partial charge in [-0.3, -0.25) is 4.79 Å². The number of methoxy groups -OCH3 is 1. The fourth-order valence-corrected chi connectivity index (χ4v) is 3.63. The number of amides is 1. The summed E-state index contributed by atoms with van der Waals surface area (Å²) in [6.45, 7) is 6.56. The number of piperidine rings is 1. The molecule has 1 aromatic heterocycles. The van der Waals surface area contributed by atoms with Crippen LogP contribution in [0.25, 0.3) is 10.9 Å². The van der Waals surface area contributed by atoms with E-state index in [-0.39, 0.29) is 5.91 Å². The highest BCUT2D eigenvalue weighted by Gasteiger charge is 2.26. The molecular formula is C19H26N2O2. The Bertz CT molecular complexity index is 697. The Balaban J connectivity index is 1.70. The zero-order valence-corrected chi connectivity index (χ0v) is 14.3. The Morgan fingerprint density at radius 1 is 1.30 bits per heavy atom. The number of carbonyl (C=O) groups excluding carboxylic acids is 1. The van der Waals surface area contributed by atoms with Crippen molar-refractivity contribution >= 4 is 16.8 Å². The third-order valence-electron chi connectivity index (χ3n) is 5.03. The van der Waals surface area contributed by atoms with Crippen LogP contribution in [0, 0.1) is 13.8 Å². The van der Waals surface area contributed by atoms with Crippen molar-refractivity contribution in [2.24, 2.45) is 0 Å². The van der Waals surface area contributed by atoms with Crippen LogP contribution in [0.1, 0.15) is 42.0 Å². The van der Waals surface area contributed by atoms with Crippen molar-refractivity contribution < 1.29 is 9.53 Å². The van der Waals surface area contributed by atoms with Crippen molar-refractivity contribution in [1.29, 1.82) is 0 Å². The summed E-state index contributed by atoms with van der Waals surface area (Å²) in [7, 11) is 1.64. The van der Waals surface area contributed by atoms with Gasteiger partial charge in [0.2, 0.25) is 5.91 Å². The highest BCUT2D eigenvalue weighted by Crippen LogP contribution is 2.33. The van der Waals surface area contributed by atoms with Crippen LogP contribution in [0.2, 0.25) is 0 Å². The molecule has 23 heavy (non-hydrogen) atoms. The molecule has 0 atom stereocenters. The van der Waals surface area contributed by atoms with Crippen LogP contribution in [0.5, 0.6) is 0 Å². The molecule has 0 saturated carbocycles. The summed E-state index contributed by atoms with van der Waals surface area (Å²) in [5.41, 5.74) is 5.24. The number of hydrogen-bond donors (Lipinski definition) is 1. The topological polar surface area (TPSA) is 45.3 Å². The van der Waals surface area contributed by atoms with Gasteiger partial charge in [0.05, 0.1) is 13.0 Å². The summed E-state index contributed by atoms with van der Waals surface area (Å²) < 4.78 is 5.00. The van der Waals surface area contributed by atoms with E-state index in [0.29, 0.717) is 18.9 Å². The molecule has 0 bridgehead atoms. The van der Waals surface area contributed by atoms with Gasteiger partial charge in [-0.05, 0) is 44.4 Å². The molecule has 1 aromatic carbocycles. The maximum absolute atomic E-state index is 12.1. The summed E-state index contributed by atoms with van der Waals surface area (Å²) >= 11 is 0. The SMILES string of the molecule is COCCC(=O)N1CCC(c2[nH]c3ccc(C)cc3c2C)CC1. The molecule has 1 fully saturated rings. The van der Waals surface area contributed by atoms with E-state index in [1.165, 1.54) is 27.7 Å². The van der Waals surface area contributed by atoms with E-state index in [4.69, 9.17) is 4.74 Å². The van der Waals surface area contributed by atoms with E-state index in [0.717, 1.165) is 25.9 Å². The first-order chi connectivity index (χ1) is 11.1. The van der Waals surface area contributed by atoms with Gasteiger partial charge in [0.15, 0.2) is 0 Å². The van der Waals surface area contributed by atoms with Gasteiger partial charge in [-0.25, -0.2) is 0 Å². The maximum Gasteiger partial charge on any atom is 0.224 e. The predicted molar refractivity (Wildman–Crippen MR) is 92.8 cm³/mol. The van der Waals surface area contributed by atoms with Crippen molar-refractivity contribution in [3.05, 3.63) is 35.0 Å². The Labute approximate surface area is 137 Å². The van der Waals surface area contributed by atoms with Crippen molar-refractivity contribution in [1.82, 2.24) is 9.88 Å².